The van der Waals surface area contributed by atoms with Gasteiger partial charge in [0.15, 0.2) is 5.69 Å². The van der Waals surface area contributed by atoms with Crippen LogP contribution in [0.4, 0.5) is 11.4 Å². The lowest BCUT2D eigenvalue weighted by molar-refractivity contribution is -0.114. The predicted octanol–water partition coefficient (Wildman–Crippen LogP) is 3.15. The van der Waals surface area contributed by atoms with E-state index in [9.17, 15) is 9.59 Å². The molecule has 1 fully saturated rings. The molecule has 6 nitrogen and oxygen atoms in total. The summed E-state index contributed by atoms with van der Waals surface area (Å²) in [5, 5.41) is 12.8. The van der Waals surface area contributed by atoms with Crippen LogP contribution in [0.15, 0.2) is 24.3 Å². The van der Waals surface area contributed by atoms with Gasteiger partial charge in [0.25, 0.3) is 5.91 Å². The lowest BCUT2D eigenvalue weighted by Gasteiger charge is -2.11. The second-order valence-electron chi connectivity index (χ2n) is 5.31. The van der Waals surface area contributed by atoms with Gasteiger partial charge < -0.3 is 10.6 Å². The van der Waals surface area contributed by atoms with Gasteiger partial charge in [0.05, 0.1) is 11.4 Å². The van der Waals surface area contributed by atoms with E-state index in [-0.39, 0.29) is 11.8 Å². The maximum absolute atomic E-state index is 12.3. The molecule has 0 radical (unpaired) electrons. The first-order valence-corrected chi connectivity index (χ1v) is 7.34. The van der Waals surface area contributed by atoms with Gasteiger partial charge in [-0.3, -0.25) is 14.7 Å². The van der Waals surface area contributed by atoms with Crippen molar-refractivity contribution in [3.8, 4) is 0 Å². The van der Waals surface area contributed by atoms with E-state index in [2.05, 4.69) is 20.8 Å². The zero-order valence-corrected chi connectivity index (χ0v) is 12.7. The molecular formula is C15H15ClN4O2. The Kier molecular flexibility index (Phi) is 3.85. The number of aromatic amines is 1. The average molecular weight is 319 g/mol. The molecule has 2 aromatic rings. The molecular weight excluding hydrogens is 304 g/mol. The van der Waals surface area contributed by atoms with Crippen LogP contribution in [-0.2, 0) is 4.79 Å². The van der Waals surface area contributed by atoms with Crippen LogP contribution in [0.3, 0.4) is 0 Å². The maximum atomic E-state index is 12.3. The lowest BCUT2D eigenvalue weighted by atomic mass is 10.2. The summed E-state index contributed by atoms with van der Waals surface area (Å²) in [6.45, 7) is 1.39. The largest absolute Gasteiger partial charge is 0.324 e. The zero-order valence-electron chi connectivity index (χ0n) is 11.9. The molecule has 1 heterocycles. The van der Waals surface area contributed by atoms with Crippen molar-refractivity contribution in [3.05, 3.63) is 40.7 Å². The van der Waals surface area contributed by atoms with Crippen LogP contribution < -0.4 is 10.6 Å². The number of anilines is 2. The quantitative estimate of drug-likeness (QED) is 0.809. The van der Waals surface area contributed by atoms with Crippen molar-refractivity contribution in [1.82, 2.24) is 10.2 Å². The fourth-order valence-corrected chi connectivity index (χ4v) is 2.33. The molecule has 3 rings (SSSR count). The molecule has 22 heavy (non-hydrogen) atoms. The van der Waals surface area contributed by atoms with Gasteiger partial charge in [-0.15, -0.1) is 0 Å². The molecule has 0 atom stereocenters. The van der Waals surface area contributed by atoms with Crippen LogP contribution in [0.5, 0.6) is 0 Å². The van der Waals surface area contributed by atoms with Crippen molar-refractivity contribution in [2.75, 3.05) is 10.6 Å². The first-order chi connectivity index (χ1) is 10.5. The highest BCUT2D eigenvalue weighted by atomic mass is 35.5. The Bertz CT molecular complexity index is 737. The standard InChI is InChI=1S/C15H15ClN4O2/c1-8(21)17-13-6-10(16)4-5-11(13)18-15(22)14-7-12(19-20-14)9-2-3-9/h4-7,9H,2-3H2,1H3,(H,17,21)(H,18,22)(H,19,20). The Labute approximate surface area is 132 Å². The highest BCUT2D eigenvalue weighted by Gasteiger charge is 2.26. The third-order valence-corrected chi connectivity index (χ3v) is 3.62. The van der Waals surface area contributed by atoms with E-state index in [1.807, 2.05) is 0 Å². The van der Waals surface area contributed by atoms with Gasteiger partial charge in [-0.1, -0.05) is 11.6 Å². The van der Waals surface area contributed by atoms with Crippen molar-refractivity contribution in [2.45, 2.75) is 25.7 Å². The minimum Gasteiger partial charge on any atom is -0.324 e. The number of benzene rings is 1. The molecule has 1 aliphatic rings. The molecule has 3 N–H and O–H groups in total. The number of carbonyl (C=O) groups is 2. The fourth-order valence-electron chi connectivity index (χ4n) is 2.16. The van der Waals surface area contributed by atoms with Crippen LogP contribution in [0, 0.1) is 0 Å². The van der Waals surface area contributed by atoms with Gasteiger partial charge in [-0.2, -0.15) is 5.10 Å². The smallest absolute Gasteiger partial charge is 0.276 e. The summed E-state index contributed by atoms with van der Waals surface area (Å²) in [4.78, 5) is 23.5. The number of hydrogen-bond donors (Lipinski definition) is 3. The molecule has 1 saturated carbocycles. The first kappa shape index (κ1) is 14.6. The third kappa shape index (κ3) is 3.28. The lowest BCUT2D eigenvalue weighted by Crippen LogP contribution is -2.15. The van der Waals surface area contributed by atoms with E-state index in [0.717, 1.165) is 18.5 Å². The second kappa shape index (κ2) is 5.81. The Balaban J connectivity index is 1.78. The third-order valence-electron chi connectivity index (χ3n) is 3.39. The number of nitrogens with zero attached hydrogens (tertiary/aromatic N) is 1. The molecule has 0 spiro atoms. The van der Waals surface area contributed by atoms with Crippen molar-refractivity contribution in [2.24, 2.45) is 0 Å². The average Bonchev–Trinajstić information content (AvgIpc) is 3.18. The Hall–Kier alpha value is -2.34. The van der Waals surface area contributed by atoms with E-state index in [1.165, 1.54) is 6.92 Å². The number of carbonyl (C=O) groups excluding carboxylic acids is 2. The fraction of sp³-hybridized carbons (Fsp3) is 0.267. The molecule has 1 aromatic heterocycles. The van der Waals surface area contributed by atoms with E-state index in [4.69, 9.17) is 11.6 Å². The summed E-state index contributed by atoms with van der Waals surface area (Å²) in [6.07, 6.45) is 2.26. The Morgan fingerprint density at radius 2 is 2.00 bits per heavy atom. The van der Waals surface area contributed by atoms with Crippen molar-refractivity contribution >= 4 is 34.8 Å². The van der Waals surface area contributed by atoms with Gasteiger partial charge in [0.2, 0.25) is 5.91 Å². The van der Waals surface area contributed by atoms with Gasteiger partial charge >= 0.3 is 0 Å². The normalized spacial score (nSPS) is 13.7. The zero-order chi connectivity index (χ0) is 15.7. The Morgan fingerprint density at radius 3 is 2.68 bits per heavy atom. The number of halogens is 1. The number of rotatable bonds is 4. The monoisotopic (exact) mass is 318 g/mol. The summed E-state index contributed by atoms with van der Waals surface area (Å²) in [6, 6.07) is 6.63. The first-order valence-electron chi connectivity index (χ1n) is 6.96. The number of H-pyrrole nitrogens is 1. The predicted molar refractivity (Wildman–Crippen MR) is 84.3 cm³/mol. The number of amides is 2. The molecule has 0 aliphatic heterocycles. The number of hydrogen-bond acceptors (Lipinski definition) is 3. The summed E-state index contributed by atoms with van der Waals surface area (Å²) in [7, 11) is 0. The molecule has 1 aromatic carbocycles. The van der Waals surface area contributed by atoms with E-state index in [1.54, 1.807) is 24.3 Å². The highest BCUT2D eigenvalue weighted by molar-refractivity contribution is 6.31. The van der Waals surface area contributed by atoms with Gasteiger partial charge in [-0.25, -0.2) is 0 Å². The molecule has 7 heteroatoms. The summed E-state index contributed by atoms with van der Waals surface area (Å²) < 4.78 is 0. The minimum atomic E-state index is -0.336. The van der Waals surface area contributed by atoms with E-state index in [0.29, 0.717) is 28.0 Å². The highest BCUT2D eigenvalue weighted by Crippen LogP contribution is 2.39. The van der Waals surface area contributed by atoms with E-state index >= 15 is 0 Å². The van der Waals surface area contributed by atoms with Crippen molar-refractivity contribution in [1.29, 1.82) is 0 Å². The molecule has 2 amide bonds. The maximum Gasteiger partial charge on any atom is 0.276 e. The topological polar surface area (TPSA) is 86.9 Å². The van der Waals surface area contributed by atoms with Gasteiger partial charge in [-0.05, 0) is 37.1 Å². The van der Waals surface area contributed by atoms with E-state index < -0.39 is 0 Å². The molecule has 0 bridgehead atoms. The summed E-state index contributed by atoms with van der Waals surface area (Å²) in [5.74, 6) is -0.0786. The minimum absolute atomic E-state index is 0.242. The number of aromatic nitrogens is 2. The van der Waals surface area contributed by atoms with Crippen LogP contribution in [0.2, 0.25) is 5.02 Å². The molecule has 1 aliphatic carbocycles. The van der Waals surface area contributed by atoms with Gasteiger partial charge in [0, 0.05) is 23.6 Å². The van der Waals surface area contributed by atoms with Crippen LogP contribution in [0.25, 0.3) is 0 Å². The molecule has 0 saturated heterocycles. The van der Waals surface area contributed by atoms with Crippen LogP contribution in [-0.4, -0.2) is 22.0 Å². The Morgan fingerprint density at radius 1 is 1.23 bits per heavy atom. The second-order valence-corrected chi connectivity index (χ2v) is 5.74. The molecule has 114 valence electrons. The molecule has 0 unspecified atom stereocenters. The van der Waals surface area contributed by atoms with Crippen LogP contribution >= 0.6 is 11.6 Å². The van der Waals surface area contributed by atoms with Crippen LogP contribution in [0.1, 0.15) is 41.9 Å². The number of nitrogens with one attached hydrogen (secondary N) is 3. The van der Waals surface area contributed by atoms with Crippen molar-refractivity contribution < 1.29 is 9.59 Å². The summed E-state index contributed by atoms with van der Waals surface area (Å²) in [5.41, 5.74) is 2.24. The van der Waals surface area contributed by atoms with Gasteiger partial charge in [0.1, 0.15) is 0 Å². The SMILES string of the molecule is CC(=O)Nc1cc(Cl)ccc1NC(=O)c1cc(C2CC2)[nH]n1. The van der Waals surface area contributed by atoms with Crippen molar-refractivity contribution in [3.63, 3.8) is 0 Å². The summed E-state index contributed by atoms with van der Waals surface area (Å²) >= 11 is 5.92.